The van der Waals surface area contributed by atoms with Gasteiger partial charge in [0.05, 0.1) is 18.6 Å². The van der Waals surface area contributed by atoms with Crippen molar-refractivity contribution in [2.45, 2.75) is 13.2 Å². The Kier molecular flexibility index (Phi) is 6.75. The van der Waals surface area contributed by atoms with Gasteiger partial charge in [0.15, 0.2) is 23.0 Å². The second-order valence-electron chi connectivity index (χ2n) is 7.86. The monoisotopic (exact) mass is 527 g/mol. The van der Waals surface area contributed by atoms with Crippen molar-refractivity contribution in [3.05, 3.63) is 87.0 Å². The van der Waals surface area contributed by atoms with Gasteiger partial charge in [0.25, 0.3) is 11.1 Å². The van der Waals surface area contributed by atoms with E-state index in [1.807, 2.05) is 0 Å². The molecule has 184 valence electrons. The Bertz CT molecular complexity index is 1380. The minimum atomic E-state index is -0.453. The fraction of sp³-hybridized carbons (Fsp3) is 0.154. The molecule has 0 saturated carbocycles. The fourth-order valence-electron chi connectivity index (χ4n) is 3.73. The third-order valence-electron chi connectivity index (χ3n) is 5.56. The lowest BCUT2D eigenvalue weighted by Crippen LogP contribution is -2.27. The molecule has 1 fully saturated rings. The highest BCUT2D eigenvalue weighted by Crippen LogP contribution is 2.41. The van der Waals surface area contributed by atoms with Crippen LogP contribution in [0.25, 0.3) is 6.08 Å². The van der Waals surface area contributed by atoms with Crippen molar-refractivity contribution in [1.29, 1.82) is 0 Å². The van der Waals surface area contributed by atoms with Gasteiger partial charge in [-0.2, -0.15) is 0 Å². The van der Waals surface area contributed by atoms with Gasteiger partial charge in [0, 0.05) is 16.7 Å². The second kappa shape index (κ2) is 10.1. The van der Waals surface area contributed by atoms with Crippen LogP contribution in [0.4, 0.5) is 9.18 Å². The van der Waals surface area contributed by atoms with E-state index in [-0.39, 0.29) is 30.7 Å². The van der Waals surface area contributed by atoms with E-state index in [2.05, 4.69) is 0 Å². The summed E-state index contributed by atoms with van der Waals surface area (Å²) in [4.78, 5) is 27.2. The van der Waals surface area contributed by atoms with Crippen molar-refractivity contribution in [3.63, 3.8) is 0 Å². The molecule has 2 amide bonds. The number of hydrogen-bond donors (Lipinski definition) is 0. The fourth-order valence-corrected chi connectivity index (χ4v) is 4.77. The quantitative estimate of drug-likeness (QED) is 0.347. The molecule has 2 heterocycles. The Morgan fingerprint density at radius 2 is 1.86 bits per heavy atom. The van der Waals surface area contributed by atoms with E-state index in [4.69, 9.17) is 30.5 Å². The van der Waals surface area contributed by atoms with E-state index in [1.165, 1.54) is 19.2 Å². The molecule has 0 N–H and O–H groups in total. The van der Waals surface area contributed by atoms with Gasteiger partial charge in [0.1, 0.15) is 12.4 Å². The minimum absolute atomic E-state index is 0.0104. The summed E-state index contributed by atoms with van der Waals surface area (Å²) < 4.78 is 35.3. The standard InChI is InChI=1S/C26H19ClFNO6S/c1-32-20-4-2-3-16(24(20)33-13-15-5-7-18(28)8-6-15)10-23-25(30)29(26(31)36-23)12-17-9-21-22(11-19(17)27)35-14-34-21/h2-11H,12-14H2,1H3/b23-10-. The van der Waals surface area contributed by atoms with Crippen LogP contribution in [0.1, 0.15) is 16.7 Å². The highest BCUT2D eigenvalue weighted by molar-refractivity contribution is 8.18. The average Bonchev–Trinajstić information content (AvgIpc) is 3.43. The van der Waals surface area contributed by atoms with Gasteiger partial charge >= 0.3 is 0 Å². The van der Waals surface area contributed by atoms with Crippen LogP contribution < -0.4 is 18.9 Å². The highest BCUT2D eigenvalue weighted by Gasteiger charge is 2.36. The number of amides is 2. The molecule has 10 heteroatoms. The van der Waals surface area contributed by atoms with Crippen LogP contribution in [0.15, 0.2) is 59.5 Å². The van der Waals surface area contributed by atoms with E-state index < -0.39 is 11.1 Å². The molecule has 3 aromatic rings. The Morgan fingerprint density at radius 3 is 2.61 bits per heavy atom. The summed E-state index contributed by atoms with van der Waals surface area (Å²) in [5.41, 5.74) is 1.88. The molecule has 0 aromatic heterocycles. The third-order valence-corrected chi connectivity index (χ3v) is 6.82. The van der Waals surface area contributed by atoms with E-state index in [9.17, 15) is 14.0 Å². The van der Waals surface area contributed by atoms with Gasteiger partial charge in [-0.3, -0.25) is 14.5 Å². The summed E-state index contributed by atoms with van der Waals surface area (Å²) >= 11 is 7.17. The molecule has 36 heavy (non-hydrogen) atoms. The molecule has 3 aromatic carbocycles. The first-order valence-corrected chi connectivity index (χ1v) is 12.0. The van der Waals surface area contributed by atoms with Crippen molar-refractivity contribution in [2.75, 3.05) is 13.9 Å². The van der Waals surface area contributed by atoms with Crippen LogP contribution in [-0.4, -0.2) is 29.9 Å². The predicted molar refractivity (Wildman–Crippen MR) is 133 cm³/mol. The molecular formula is C26H19ClFNO6S. The molecular weight excluding hydrogens is 509 g/mol. The number of ether oxygens (including phenoxy) is 4. The molecule has 2 aliphatic heterocycles. The number of nitrogens with zero attached hydrogens (tertiary/aromatic N) is 1. The van der Waals surface area contributed by atoms with Crippen molar-refractivity contribution < 1.29 is 32.9 Å². The molecule has 7 nitrogen and oxygen atoms in total. The number of rotatable bonds is 7. The summed E-state index contributed by atoms with van der Waals surface area (Å²) in [5.74, 6) is 1.09. The van der Waals surface area contributed by atoms with E-state index in [0.717, 1.165) is 22.2 Å². The number of hydrogen-bond acceptors (Lipinski definition) is 7. The van der Waals surface area contributed by atoms with E-state index in [1.54, 1.807) is 48.5 Å². The molecule has 0 aliphatic carbocycles. The largest absolute Gasteiger partial charge is 0.493 e. The number of para-hydroxylation sites is 1. The number of fused-ring (bicyclic) bond motifs is 1. The maximum Gasteiger partial charge on any atom is 0.293 e. The number of methoxy groups -OCH3 is 1. The summed E-state index contributed by atoms with van der Waals surface area (Å²) in [7, 11) is 1.51. The van der Waals surface area contributed by atoms with Gasteiger partial charge in [0.2, 0.25) is 6.79 Å². The summed E-state index contributed by atoms with van der Waals surface area (Å²) in [6.45, 7) is 0.237. The van der Waals surface area contributed by atoms with Crippen LogP contribution in [0.3, 0.4) is 0 Å². The zero-order valence-electron chi connectivity index (χ0n) is 19.0. The third kappa shape index (κ3) is 4.84. The smallest absolute Gasteiger partial charge is 0.293 e. The van der Waals surface area contributed by atoms with Crippen molar-refractivity contribution >= 4 is 40.6 Å². The van der Waals surface area contributed by atoms with Gasteiger partial charge in [-0.25, -0.2) is 4.39 Å². The number of imide groups is 1. The number of halogens is 2. The van der Waals surface area contributed by atoms with Crippen molar-refractivity contribution in [3.8, 4) is 23.0 Å². The molecule has 0 radical (unpaired) electrons. The van der Waals surface area contributed by atoms with E-state index in [0.29, 0.717) is 39.1 Å². The zero-order valence-corrected chi connectivity index (χ0v) is 20.5. The SMILES string of the molecule is COc1cccc(/C=C2\SC(=O)N(Cc3cc4c(cc3Cl)OCO4)C2=O)c1OCc1ccc(F)cc1. The Balaban J connectivity index is 1.39. The lowest BCUT2D eigenvalue weighted by Gasteiger charge is -2.15. The highest BCUT2D eigenvalue weighted by atomic mass is 35.5. The first kappa shape index (κ1) is 24.0. The van der Waals surface area contributed by atoms with Crippen LogP contribution in [0, 0.1) is 5.82 Å². The second-order valence-corrected chi connectivity index (χ2v) is 9.26. The maximum absolute atomic E-state index is 13.2. The van der Waals surface area contributed by atoms with Gasteiger partial charge in [-0.1, -0.05) is 35.9 Å². The van der Waals surface area contributed by atoms with Gasteiger partial charge < -0.3 is 18.9 Å². The molecule has 0 spiro atoms. The summed E-state index contributed by atoms with van der Waals surface area (Å²) in [6, 6.07) is 14.5. The van der Waals surface area contributed by atoms with Crippen molar-refractivity contribution in [1.82, 2.24) is 4.90 Å². The first-order chi connectivity index (χ1) is 17.4. The summed E-state index contributed by atoms with van der Waals surface area (Å²) in [5, 5.41) is -0.0526. The molecule has 1 saturated heterocycles. The molecule has 0 unspecified atom stereocenters. The van der Waals surface area contributed by atoms with Crippen molar-refractivity contribution in [2.24, 2.45) is 0 Å². The number of carbonyl (C=O) groups is 2. The molecule has 0 bridgehead atoms. The maximum atomic E-state index is 13.2. The lowest BCUT2D eigenvalue weighted by molar-refractivity contribution is -0.123. The topological polar surface area (TPSA) is 74.3 Å². The Hall–Kier alpha value is -3.69. The molecule has 2 aliphatic rings. The molecule has 0 atom stereocenters. The first-order valence-electron chi connectivity index (χ1n) is 10.8. The minimum Gasteiger partial charge on any atom is -0.493 e. The zero-order chi connectivity index (χ0) is 25.2. The Morgan fingerprint density at radius 1 is 1.11 bits per heavy atom. The average molecular weight is 528 g/mol. The van der Waals surface area contributed by atoms with Crippen LogP contribution in [0.2, 0.25) is 5.02 Å². The van der Waals surface area contributed by atoms with Crippen LogP contribution >= 0.6 is 23.4 Å². The summed E-state index contributed by atoms with van der Waals surface area (Å²) in [6.07, 6.45) is 1.59. The van der Waals surface area contributed by atoms with Crippen LogP contribution in [-0.2, 0) is 17.9 Å². The van der Waals surface area contributed by atoms with E-state index >= 15 is 0 Å². The number of benzene rings is 3. The lowest BCUT2D eigenvalue weighted by atomic mass is 10.1. The number of carbonyl (C=O) groups excluding carboxylic acids is 2. The van der Waals surface area contributed by atoms with Gasteiger partial charge in [-0.15, -0.1) is 0 Å². The Labute approximate surface area is 215 Å². The predicted octanol–water partition coefficient (Wildman–Crippen LogP) is 6.03. The normalized spacial score (nSPS) is 15.6. The molecule has 5 rings (SSSR count). The van der Waals surface area contributed by atoms with Crippen LogP contribution in [0.5, 0.6) is 23.0 Å². The number of thioether (sulfide) groups is 1. The van der Waals surface area contributed by atoms with Gasteiger partial charge in [-0.05, 0) is 53.2 Å².